The van der Waals surface area contributed by atoms with Crippen molar-refractivity contribution in [2.75, 3.05) is 5.32 Å². The van der Waals surface area contributed by atoms with Gasteiger partial charge in [-0.1, -0.05) is 18.2 Å². The number of para-hydroxylation sites is 1. The first-order valence-electron chi connectivity index (χ1n) is 5.22. The number of amides is 2. The molecule has 0 aliphatic rings. The zero-order valence-electron chi connectivity index (χ0n) is 9.86. The third-order valence-corrected chi connectivity index (χ3v) is 1.88. The second-order valence-electron chi connectivity index (χ2n) is 3.61. The van der Waals surface area contributed by atoms with E-state index in [1.807, 2.05) is 18.2 Å². The van der Waals surface area contributed by atoms with Crippen molar-refractivity contribution in [3.63, 3.8) is 0 Å². The Labute approximate surface area is 99.9 Å². The molecule has 0 unspecified atom stereocenters. The van der Waals surface area contributed by atoms with Crippen LogP contribution in [0.2, 0.25) is 0 Å². The van der Waals surface area contributed by atoms with Gasteiger partial charge in [-0.05, 0) is 19.1 Å². The molecule has 0 bridgehead atoms. The molecule has 0 aromatic heterocycles. The highest BCUT2D eigenvalue weighted by atomic mass is 16.2. The summed E-state index contributed by atoms with van der Waals surface area (Å²) >= 11 is 0. The van der Waals surface area contributed by atoms with Crippen molar-refractivity contribution in [2.45, 2.75) is 20.3 Å². The van der Waals surface area contributed by atoms with Gasteiger partial charge in [0.1, 0.15) is 0 Å². The van der Waals surface area contributed by atoms with E-state index in [-0.39, 0.29) is 18.2 Å². The minimum atomic E-state index is -0.257. The number of nitrogens with one attached hydrogen (secondary N) is 2. The van der Waals surface area contributed by atoms with Gasteiger partial charge in [0, 0.05) is 18.3 Å². The van der Waals surface area contributed by atoms with E-state index < -0.39 is 0 Å². The van der Waals surface area contributed by atoms with Crippen LogP contribution in [0, 0.1) is 0 Å². The molecule has 0 aliphatic heterocycles. The van der Waals surface area contributed by atoms with Crippen molar-refractivity contribution in [3.05, 3.63) is 30.3 Å². The summed E-state index contributed by atoms with van der Waals surface area (Å²) in [6, 6.07) is 9.16. The van der Waals surface area contributed by atoms with Crippen LogP contribution in [0.1, 0.15) is 20.3 Å². The fourth-order valence-corrected chi connectivity index (χ4v) is 1.17. The summed E-state index contributed by atoms with van der Waals surface area (Å²) in [4.78, 5) is 22.2. The largest absolute Gasteiger partial charge is 0.326 e. The molecule has 0 aliphatic carbocycles. The minimum absolute atomic E-state index is 0.148. The number of hydrazone groups is 1. The Bertz CT molecular complexity index is 427. The lowest BCUT2D eigenvalue weighted by atomic mass is 10.2. The fourth-order valence-electron chi connectivity index (χ4n) is 1.17. The first kappa shape index (κ1) is 12.9. The van der Waals surface area contributed by atoms with E-state index in [9.17, 15) is 9.59 Å². The van der Waals surface area contributed by atoms with Gasteiger partial charge in [-0.15, -0.1) is 0 Å². The van der Waals surface area contributed by atoms with Crippen molar-refractivity contribution in [2.24, 2.45) is 5.10 Å². The Morgan fingerprint density at radius 2 is 1.82 bits per heavy atom. The van der Waals surface area contributed by atoms with Crippen LogP contribution in [-0.4, -0.2) is 17.5 Å². The first-order chi connectivity index (χ1) is 8.08. The second-order valence-corrected chi connectivity index (χ2v) is 3.61. The van der Waals surface area contributed by atoms with Gasteiger partial charge in [0.15, 0.2) is 0 Å². The van der Waals surface area contributed by atoms with E-state index in [1.165, 1.54) is 6.92 Å². The highest BCUT2D eigenvalue weighted by Crippen LogP contribution is 2.05. The topological polar surface area (TPSA) is 70.6 Å². The Morgan fingerprint density at radius 1 is 1.18 bits per heavy atom. The predicted octanol–water partition coefficient (Wildman–Crippen LogP) is 1.53. The summed E-state index contributed by atoms with van der Waals surface area (Å²) in [5.41, 5.74) is 3.57. The molecule has 2 amide bonds. The molecule has 5 heteroatoms. The standard InChI is InChI=1S/C12H15N3O2/c1-9(14-15-10(2)16)8-12(17)13-11-6-4-3-5-7-11/h3-7H,8H2,1-2H3,(H,13,17)(H,15,16). The maximum atomic E-state index is 11.6. The van der Waals surface area contributed by atoms with Gasteiger partial charge in [-0.3, -0.25) is 9.59 Å². The van der Waals surface area contributed by atoms with Crippen molar-refractivity contribution < 1.29 is 9.59 Å². The lowest BCUT2D eigenvalue weighted by molar-refractivity contribution is -0.119. The summed E-state index contributed by atoms with van der Waals surface area (Å²) in [6.45, 7) is 3.04. The average Bonchev–Trinajstić information content (AvgIpc) is 2.27. The van der Waals surface area contributed by atoms with Crippen LogP contribution in [0.4, 0.5) is 5.69 Å². The average molecular weight is 233 g/mol. The van der Waals surface area contributed by atoms with E-state index in [4.69, 9.17) is 0 Å². The molecule has 17 heavy (non-hydrogen) atoms. The van der Waals surface area contributed by atoms with Crippen molar-refractivity contribution in [1.29, 1.82) is 0 Å². The molecule has 0 radical (unpaired) electrons. The molecule has 90 valence electrons. The van der Waals surface area contributed by atoms with Crippen LogP contribution in [0.3, 0.4) is 0 Å². The van der Waals surface area contributed by atoms with Gasteiger partial charge >= 0.3 is 0 Å². The monoisotopic (exact) mass is 233 g/mol. The minimum Gasteiger partial charge on any atom is -0.326 e. The number of carbonyl (C=O) groups excluding carboxylic acids is 2. The Hall–Kier alpha value is -2.17. The predicted molar refractivity (Wildman–Crippen MR) is 66.6 cm³/mol. The molecule has 2 N–H and O–H groups in total. The van der Waals surface area contributed by atoms with Crippen LogP contribution in [0.15, 0.2) is 35.4 Å². The summed E-state index contributed by atoms with van der Waals surface area (Å²) < 4.78 is 0. The number of rotatable bonds is 4. The first-order valence-corrected chi connectivity index (χ1v) is 5.22. The smallest absolute Gasteiger partial charge is 0.236 e. The van der Waals surface area contributed by atoms with E-state index in [1.54, 1.807) is 19.1 Å². The lowest BCUT2D eigenvalue weighted by Crippen LogP contribution is -2.19. The fraction of sp³-hybridized carbons (Fsp3) is 0.250. The van der Waals surface area contributed by atoms with Crippen LogP contribution in [-0.2, 0) is 9.59 Å². The molecule has 0 spiro atoms. The SMILES string of the molecule is CC(=O)NN=C(C)CC(=O)Nc1ccccc1. The maximum absolute atomic E-state index is 11.6. The summed E-state index contributed by atoms with van der Waals surface area (Å²) in [7, 11) is 0. The summed E-state index contributed by atoms with van der Waals surface area (Å²) in [5.74, 6) is -0.421. The van der Waals surface area contributed by atoms with E-state index in [2.05, 4.69) is 15.8 Å². The van der Waals surface area contributed by atoms with Gasteiger partial charge < -0.3 is 5.32 Å². The van der Waals surface area contributed by atoms with Crippen molar-refractivity contribution in [3.8, 4) is 0 Å². The van der Waals surface area contributed by atoms with Gasteiger partial charge in [0.2, 0.25) is 11.8 Å². The van der Waals surface area contributed by atoms with Gasteiger partial charge in [-0.25, -0.2) is 5.43 Å². The van der Waals surface area contributed by atoms with Crippen LogP contribution < -0.4 is 10.7 Å². The van der Waals surface area contributed by atoms with Crippen LogP contribution in [0.5, 0.6) is 0 Å². The molecule has 5 nitrogen and oxygen atoms in total. The molecule has 1 aromatic carbocycles. The number of anilines is 1. The maximum Gasteiger partial charge on any atom is 0.236 e. The summed E-state index contributed by atoms with van der Waals surface area (Å²) in [6.07, 6.45) is 0.148. The number of benzene rings is 1. The molecular formula is C12H15N3O2. The lowest BCUT2D eigenvalue weighted by Gasteiger charge is -2.04. The number of nitrogens with zero attached hydrogens (tertiary/aromatic N) is 1. The Balaban J connectivity index is 2.45. The zero-order valence-corrected chi connectivity index (χ0v) is 9.86. The van der Waals surface area contributed by atoms with Crippen molar-refractivity contribution in [1.82, 2.24) is 5.43 Å². The highest BCUT2D eigenvalue weighted by molar-refractivity contribution is 6.05. The molecule has 0 atom stereocenters. The van der Waals surface area contributed by atoms with Gasteiger partial charge in [-0.2, -0.15) is 5.10 Å². The quantitative estimate of drug-likeness (QED) is 0.611. The van der Waals surface area contributed by atoms with E-state index in [0.717, 1.165) is 5.69 Å². The molecule has 0 saturated heterocycles. The zero-order chi connectivity index (χ0) is 12.7. The van der Waals surface area contributed by atoms with Crippen molar-refractivity contribution >= 4 is 23.2 Å². The molecule has 0 fully saturated rings. The van der Waals surface area contributed by atoms with Crippen LogP contribution >= 0.6 is 0 Å². The third kappa shape index (κ3) is 5.46. The second kappa shape index (κ2) is 6.42. The number of carbonyl (C=O) groups is 2. The van der Waals surface area contributed by atoms with E-state index >= 15 is 0 Å². The molecule has 1 rings (SSSR count). The van der Waals surface area contributed by atoms with Gasteiger partial charge in [0.25, 0.3) is 0 Å². The molecular weight excluding hydrogens is 218 g/mol. The van der Waals surface area contributed by atoms with Gasteiger partial charge in [0.05, 0.1) is 6.42 Å². The molecule has 0 heterocycles. The van der Waals surface area contributed by atoms with E-state index in [0.29, 0.717) is 5.71 Å². The summed E-state index contributed by atoms with van der Waals surface area (Å²) in [5, 5.41) is 6.49. The Morgan fingerprint density at radius 3 is 2.41 bits per heavy atom. The molecule has 1 aromatic rings. The normalized spacial score (nSPS) is 10.8. The number of hydrogen-bond acceptors (Lipinski definition) is 3. The van der Waals surface area contributed by atoms with Crippen LogP contribution in [0.25, 0.3) is 0 Å². The third-order valence-electron chi connectivity index (χ3n) is 1.88. The number of hydrogen-bond donors (Lipinski definition) is 2. The highest BCUT2D eigenvalue weighted by Gasteiger charge is 2.04. The molecule has 0 saturated carbocycles. The Kier molecular flexibility index (Phi) is 4.87.